The van der Waals surface area contributed by atoms with Crippen molar-refractivity contribution in [3.8, 4) is 5.75 Å². The maximum Gasteiger partial charge on any atom is 0.253 e. The highest BCUT2D eigenvalue weighted by Gasteiger charge is 2.23. The van der Waals surface area contributed by atoms with Crippen LogP contribution in [0.4, 0.5) is 0 Å². The molecule has 2 heterocycles. The lowest BCUT2D eigenvalue weighted by Gasteiger charge is -2.31. The SMILES string of the molecule is CCC1CCN(C(=O)c2ccc3c(c2)CCO3)CC1. The molecule has 0 aromatic heterocycles. The number of benzene rings is 1. The Bertz CT molecular complexity index is 476. The first-order valence-corrected chi connectivity index (χ1v) is 7.33. The highest BCUT2D eigenvalue weighted by molar-refractivity contribution is 5.94. The Kier molecular flexibility index (Phi) is 3.45. The van der Waals surface area contributed by atoms with Gasteiger partial charge in [0.1, 0.15) is 5.75 Å². The molecule has 3 nitrogen and oxygen atoms in total. The van der Waals surface area contributed by atoms with Gasteiger partial charge in [0, 0.05) is 25.1 Å². The average molecular weight is 259 g/mol. The van der Waals surface area contributed by atoms with Crippen LogP contribution < -0.4 is 4.74 Å². The van der Waals surface area contributed by atoms with Crippen molar-refractivity contribution >= 4 is 5.91 Å². The monoisotopic (exact) mass is 259 g/mol. The minimum absolute atomic E-state index is 0.184. The van der Waals surface area contributed by atoms with Gasteiger partial charge in [0.15, 0.2) is 0 Å². The van der Waals surface area contributed by atoms with Crippen molar-refractivity contribution in [3.63, 3.8) is 0 Å². The molecular weight excluding hydrogens is 238 g/mol. The molecule has 1 aromatic rings. The van der Waals surface area contributed by atoms with Gasteiger partial charge in [-0.15, -0.1) is 0 Å². The summed E-state index contributed by atoms with van der Waals surface area (Å²) in [7, 11) is 0. The molecule has 0 spiro atoms. The number of carbonyl (C=O) groups excluding carboxylic acids is 1. The summed E-state index contributed by atoms with van der Waals surface area (Å²) in [6.45, 7) is 4.80. The number of nitrogens with zero attached hydrogens (tertiary/aromatic N) is 1. The van der Waals surface area contributed by atoms with Crippen molar-refractivity contribution < 1.29 is 9.53 Å². The molecule has 19 heavy (non-hydrogen) atoms. The van der Waals surface area contributed by atoms with Gasteiger partial charge in [-0.25, -0.2) is 0 Å². The van der Waals surface area contributed by atoms with Crippen LogP contribution in [0.5, 0.6) is 5.75 Å². The fraction of sp³-hybridized carbons (Fsp3) is 0.562. The molecular formula is C16H21NO2. The maximum atomic E-state index is 12.5. The van der Waals surface area contributed by atoms with E-state index in [1.54, 1.807) is 0 Å². The van der Waals surface area contributed by atoms with Crippen LogP contribution in [0.15, 0.2) is 18.2 Å². The van der Waals surface area contributed by atoms with Crippen LogP contribution in [0.2, 0.25) is 0 Å². The predicted molar refractivity (Wildman–Crippen MR) is 74.6 cm³/mol. The van der Waals surface area contributed by atoms with Crippen molar-refractivity contribution in [2.45, 2.75) is 32.6 Å². The molecule has 0 N–H and O–H groups in total. The summed E-state index contributed by atoms with van der Waals surface area (Å²) in [6, 6.07) is 5.85. The van der Waals surface area contributed by atoms with E-state index in [0.717, 1.165) is 56.2 Å². The first-order valence-electron chi connectivity index (χ1n) is 7.33. The van der Waals surface area contributed by atoms with Crippen molar-refractivity contribution in [2.24, 2.45) is 5.92 Å². The van der Waals surface area contributed by atoms with Crippen LogP contribution in [-0.4, -0.2) is 30.5 Å². The molecule has 0 saturated carbocycles. The minimum Gasteiger partial charge on any atom is -0.493 e. The topological polar surface area (TPSA) is 29.5 Å². The quantitative estimate of drug-likeness (QED) is 0.817. The van der Waals surface area contributed by atoms with Crippen molar-refractivity contribution in [1.82, 2.24) is 4.90 Å². The zero-order valence-electron chi connectivity index (χ0n) is 11.5. The second-order valence-corrected chi connectivity index (χ2v) is 5.56. The second-order valence-electron chi connectivity index (χ2n) is 5.56. The van der Waals surface area contributed by atoms with E-state index in [4.69, 9.17) is 4.74 Å². The number of carbonyl (C=O) groups is 1. The van der Waals surface area contributed by atoms with Crippen LogP contribution >= 0.6 is 0 Å². The molecule has 1 amide bonds. The largest absolute Gasteiger partial charge is 0.493 e. The van der Waals surface area contributed by atoms with Gasteiger partial charge < -0.3 is 9.64 Å². The molecule has 0 atom stereocenters. The highest BCUT2D eigenvalue weighted by Crippen LogP contribution is 2.27. The summed E-state index contributed by atoms with van der Waals surface area (Å²) in [5.74, 6) is 1.93. The number of ether oxygens (including phenoxy) is 1. The molecule has 1 aromatic carbocycles. The average Bonchev–Trinajstić information content (AvgIpc) is 2.94. The minimum atomic E-state index is 0.184. The predicted octanol–water partition coefficient (Wildman–Crippen LogP) is 2.88. The Morgan fingerprint density at radius 3 is 2.89 bits per heavy atom. The third kappa shape index (κ3) is 2.46. The lowest BCUT2D eigenvalue weighted by Crippen LogP contribution is -2.38. The fourth-order valence-electron chi connectivity index (χ4n) is 3.05. The highest BCUT2D eigenvalue weighted by atomic mass is 16.5. The van der Waals surface area contributed by atoms with E-state index < -0.39 is 0 Å². The number of hydrogen-bond acceptors (Lipinski definition) is 2. The molecule has 2 aliphatic heterocycles. The van der Waals surface area contributed by atoms with Gasteiger partial charge in [-0.05, 0) is 42.5 Å². The number of fused-ring (bicyclic) bond motifs is 1. The van der Waals surface area contributed by atoms with Crippen LogP contribution in [0.1, 0.15) is 42.1 Å². The Morgan fingerprint density at radius 2 is 2.16 bits per heavy atom. The van der Waals surface area contributed by atoms with Crippen LogP contribution in [0, 0.1) is 5.92 Å². The van der Waals surface area contributed by atoms with Gasteiger partial charge in [0.25, 0.3) is 5.91 Å². The number of amides is 1. The van der Waals surface area contributed by atoms with Crippen molar-refractivity contribution in [1.29, 1.82) is 0 Å². The van der Waals surface area contributed by atoms with Crippen molar-refractivity contribution in [2.75, 3.05) is 19.7 Å². The molecule has 1 saturated heterocycles. The lowest BCUT2D eigenvalue weighted by atomic mass is 9.94. The molecule has 0 radical (unpaired) electrons. The summed E-state index contributed by atoms with van der Waals surface area (Å²) >= 11 is 0. The molecule has 1 fully saturated rings. The normalized spacial score (nSPS) is 19.1. The summed E-state index contributed by atoms with van der Waals surface area (Å²) < 4.78 is 5.48. The van der Waals surface area contributed by atoms with Crippen LogP contribution in [-0.2, 0) is 6.42 Å². The smallest absolute Gasteiger partial charge is 0.253 e. The van der Waals surface area contributed by atoms with Gasteiger partial charge >= 0.3 is 0 Å². The first-order chi connectivity index (χ1) is 9.28. The van der Waals surface area contributed by atoms with E-state index in [0.29, 0.717) is 0 Å². The fourth-order valence-corrected chi connectivity index (χ4v) is 3.05. The number of rotatable bonds is 2. The van der Waals surface area contributed by atoms with Gasteiger partial charge in [-0.1, -0.05) is 13.3 Å². The zero-order chi connectivity index (χ0) is 13.2. The maximum absolute atomic E-state index is 12.5. The second kappa shape index (κ2) is 5.24. The summed E-state index contributed by atoms with van der Waals surface area (Å²) in [6.07, 6.45) is 4.46. The summed E-state index contributed by atoms with van der Waals surface area (Å²) in [5.41, 5.74) is 1.99. The summed E-state index contributed by atoms with van der Waals surface area (Å²) in [4.78, 5) is 14.5. The van der Waals surface area contributed by atoms with E-state index in [2.05, 4.69) is 6.92 Å². The zero-order valence-corrected chi connectivity index (χ0v) is 11.5. The molecule has 2 aliphatic rings. The van der Waals surface area contributed by atoms with Gasteiger partial charge in [-0.2, -0.15) is 0 Å². The third-order valence-corrected chi connectivity index (χ3v) is 4.42. The Balaban J connectivity index is 1.70. The molecule has 102 valence electrons. The molecule has 0 unspecified atom stereocenters. The molecule has 0 bridgehead atoms. The number of piperidine rings is 1. The van der Waals surface area contributed by atoms with Crippen LogP contribution in [0.25, 0.3) is 0 Å². The van der Waals surface area contributed by atoms with E-state index in [1.165, 1.54) is 12.0 Å². The van der Waals surface area contributed by atoms with E-state index in [-0.39, 0.29) is 5.91 Å². The van der Waals surface area contributed by atoms with Gasteiger partial charge in [0.05, 0.1) is 6.61 Å². The van der Waals surface area contributed by atoms with E-state index in [9.17, 15) is 4.79 Å². The Hall–Kier alpha value is -1.51. The van der Waals surface area contributed by atoms with Crippen molar-refractivity contribution in [3.05, 3.63) is 29.3 Å². The summed E-state index contributed by atoms with van der Waals surface area (Å²) in [5, 5.41) is 0. The molecule has 3 heteroatoms. The number of likely N-dealkylation sites (tertiary alicyclic amines) is 1. The first kappa shape index (κ1) is 12.5. The van der Waals surface area contributed by atoms with Crippen LogP contribution in [0.3, 0.4) is 0 Å². The number of hydrogen-bond donors (Lipinski definition) is 0. The molecule has 3 rings (SSSR count). The van der Waals surface area contributed by atoms with Gasteiger partial charge in [-0.3, -0.25) is 4.79 Å². The Morgan fingerprint density at radius 1 is 1.37 bits per heavy atom. The lowest BCUT2D eigenvalue weighted by molar-refractivity contribution is 0.0688. The standard InChI is InChI=1S/C16H21NO2/c1-2-12-5-8-17(9-6-12)16(18)14-3-4-15-13(11-14)7-10-19-15/h3-4,11-12H,2,5-10H2,1H3. The Labute approximate surface area is 114 Å². The van der Waals surface area contributed by atoms with E-state index >= 15 is 0 Å². The van der Waals surface area contributed by atoms with Gasteiger partial charge in [0.2, 0.25) is 0 Å². The molecule has 0 aliphatic carbocycles. The van der Waals surface area contributed by atoms with E-state index in [1.807, 2.05) is 23.1 Å². The third-order valence-electron chi connectivity index (χ3n) is 4.42.